The van der Waals surface area contributed by atoms with Crippen LogP contribution in [0.1, 0.15) is 12.8 Å². The van der Waals surface area contributed by atoms with E-state index >= 15 is 0 Å². The molecule has 1 atom stereocenters. The molecule has 0 aliphatic carbocycles. The Bertz CT molecular complexity index is 303. The standard InChI is InChI=1S/C9H15ClN4/c1-13-4-2-3-7(13)5-14-6-8(10)9(11)12-14/h6-7H,2-5H2,1H3,(H2,11,12). The maximum atomic E-state index is 5.83. The highest BCUT2D eigenvalue weighted by molar-refractivity contribution is 6.32. The van der Waals surface area contributed by atoms with Crippen LogP contribution >= 0.6 is 11.6 Å². The van der Waals surface area contributed by atoms with Crippen molar-refractivity contribution in [1.29, 1.82) is 0 Å². The molecule has 0 aromatic carbocycles. The van der Waals surface area contributed by atoms with Crippen LogP contribution in [-0.4, -0.2) is 34.3 Å². The molecule has 1 unspecified atom stereocenters. The molecule has 2 heterocycles. The van der Waals surface area contributed by atoms with Gasteiger partial charge in [0.2, 0.25) is 0 Å². The van der Waals surface area contributed by atoms with Gasteiger partial charge in [-0.3, -0.25) is 4.68 Å². The summed E-state index contributed by atoms with van der Waals surface area (Å²) in [5.41, 5.74) is 5.57. The SMILES string of the molecule is CN1CCCC1Cn1cc(Cl)c(N)n1. The molecule has 0 bridgehead atoms. The highest BCUT2D eigenvalue weighted by Crippen LogP contribution is 2.19. The lowest BCUT2D eigenvalue weighted by atomic mass is 10.2. The highest BCUT2D eigenvalue weighted by Gasteiger charge is 2.21. The van der Waals surface area contributed by atoms with Crippen LogP contribution in [0.25, 0.3) is 0 Å². The summed E-state index contributed by atoms with van der Waals surface area (Å²) in [6.45, 7) is 2.06. The molecule has 1 aliphatic heterocycles. The van der Waals surface area contributed by atoms with Crippen molar-refractivity contribution in [1.82, 2.24) is 14.7 Å². The lowest BCUT2D eigenvalue weighted by Crippen LogP contribution is -2.29. The minimum Gasteiger partial charge on any atom is -0.381 e. The van der Waals surface area contributed by atoms with Crippen molar-refractivity contribution in [2.75, 3.05) is 19.3 Å². The molecule has 1 aliphatic rings. The molecule has 1 aromatic heterocycles. The van der Waals surface area contributed by atoms with Crippen molar-refractivity contribution in [3.05, 3.63) is 11.2 Å². The van der Waals surface area contributed by atoms with E-state index in [-0.39, 0.29) is 0 Å². The van der Waals surface area contributed by atoms with Gasteiger partial charge < -0.3 is 10.6 Å². The maximum absolute atomic E-state index is 5.83. The number of hydrogen-bond acceptors (Lipinski definition) is 3. The molecule has 1 fully saturated rings. The van der Waals surface area contributed by atoms with Crippen LogP contribution in [0.3, 0.4) is 0 Å². The average Bonchev–Trinajstić information content (AvgIpc) is 2.63. The fourth-order valence-corrected chi connectivity index (χ4v) is 2.08. The van der Waals surface area contributed by atoms with Crippen LogP contribution in [0.2, 0.25) is 5.02 Å². The topological polar surface area (TPSA) is 47.1 Å². The zero-order valence-corrected chi connectivity index (χ0v) is 9.04. The van der Waals surface area contributed by atoms with E-state index in [1.165, 1.54) is 19.4 Å². The largest absolute Gasteiger partial charge is 0.381 e. The van der Waals surface area contributed by atoms with Gasteiger partial charge in [0.05, 0.1) is 6.54 Å². The Morgan fingerprint density at radius 1 is 1.71 bits per heavy atom. The van der Waals surface area contributed by atoms with E-state index in [0.29, 0.717) is 16.9 Å². The first-order valence-electron chi connectivity index (χ1n) is 4.85. The monoisotopic (exact) mass is 214 g/mol. The zero-order valence-electron chi connectivity index (χ0n) is 8.28. The summed E-state index contributed by atoms with van der Waals surface area (Å²) in [6.07, 6.45) is 4.29. The lowest BCUT2D eigenvalue weighted by Gasteiger charge is -2.18. The van der Waals surface area contributed by atoms with Crippen LogP contribution in [0.5, 0.6) is 0 Å². The van der Waals surface area contributed by atoms with Gasteiger partial charge in [-0.15, -0.1) is 0 Å². The van der Waals surface area contributed by atoms with Gasteiger partial charge in [0.1, 0.15) is 5.02 Å². The Labute approximate surface area is 88.6 Å². The smallest absolute Gasteiger partial charge is 0.164 e. The number of halogens is 1. The summed E-state index contributed by atoms with van der Waals surface area (Å²) in [4.78, 5) is 2.35. The number of rotatable bonds is 2. The van der Waals surface area contributed by atoms with Crippen LogP contribution in [0.4, 0.5) is 5.82 Å². The minimum absolute atomic E-state index is 0.423. The van der Waals surface area contributed by atoms with Crippen LogP contribution < -0.4 is 5.73 Å². The van der Waals surface area contributed by atoms with E-state index in [9.17, 15) is 0 Å². The van der Waals surface area contributed by atoms with Gasteiger partial charge >= 0.3 is 0 Å². The molecule has 1 saturated heterocycles. The summed E-state index contributed by atoms with van der Waals surface area (Å²) < 4.78 is 1.84. The molecule has 0 amide bonds. The molecule has 2 N–H and O–H groups in total. The summed E-state index contributed by atoms with van der Waals surface area (Å²) in [7, 11) is 2.14. The predicted octanol–water partition coefficient (Wildman–Crippen LogP) is 1.21. The lowest BCUT2D eigenvalue weighted by molar-refractivity contribution is 0.274. The highest BCUT2D eigenvalue weighted by atomic mass is 35.5. The number of nitrogens with two attached hydrogens (primary N) is 1. The van der Waals surface area contributed by atoms with Gasteiger partial charge in [-0.2, -0.15) is 5.10 Å². The third kappa shape index (κ3) is 1.86. The maximum Gasteiger partial charge on any atom is 0.164 e. The number of anilines is 1. The second-order valence-corrected chi connectivity index (χ2v) is 4.27. The number of nitrogen functional groups attached to an aromatic ring is 1. The minimum atomic E-state index is 0.423. The third-order valence-corrected chi connectivity index (χ3v) is 3.10. The Hall–Kier alpha value is -0.740. The number of aromatic nitrogens is 2. The average molecular weight is 215 g/mol. The molecule has 5 heteroatoms. The molecule has 4 nitrogen and oxygen atoms in total. The van der Waals surface area contributed by atoms with Crippen molar-refractivity contribution < 1.29 is 0 Å². The quantitative estimate of drug-likeness (QED) is 0.805. The van der Waals surface area contributed by atoms with E-state index in [2.05, 4.69) is 17.0 Å². The molecule has 2 rings (SSSR count). The Morgan fingerprint density at radius 2 is 2.50 bits per heavy atom. The van der Waals surface area contributed by atoms with Crippen molar-refractivity contribution in [3.8, 4) is 0 Å². The number of likely N-dealkylation sites (tertiary alicyclic amines) is 1. The molecule has 0 spiro atoms. The van der Waals surface area contributed by atoms with Crippen molar-refractivity contribution in [2.24, 2.45) is 0 Å². The van der Waals surface area contributed by atoms with Crippen molar-refractivity contribution in [3.63, 3.8) is 0 Å². The van der Waals surface area contributed by atoms with Gasteiger partial charge in [-0.1, -0.05) is 11.6 Å². The van der Waals surface area contributed by atoms with E-state index < -0.39 is 0 Å². The third-order valence-electron chi connectivity index (χ3n) is 2.81. The first kappa shape index (κ1) is 9.80. The Balaban J connectivity index is 2.03. The molecule has 0 radical (unpaired) electrons. The van der Waals surface area contributed by atoms with Crippen LogP contribution in [0, 0.1) is 0 Å². The zero-order chi connectivity index (χ0) is 10.1. The van der Waals surface area contributed by atoms with Crippen LogP contribution in [0.15, 0.2) is 6.20 Å². The Kier molecular flexibility index (Phi) is 2.65. The van der Waals surface area contributed by atoms with E-state index in [1.54, 1.807) is 6.20 Å². The molecular formula is C9H15ClN4. The first-order chi connectivity index (χ1) is 6.66. The molecule has 78 valence electrons. The van der Waals surface area contributed by atoms with Gasteiger partial charge in [0.15, 0.2) is 5.82 Å². The van der Waals surface area contributed by atoms with Crippen molar-refractivity contribution in [2.45, 2.75) is 25.4 Å². The summed E-state index contributed by atoms with van der Waals surface area (Å²) in [5.74, 6) is 0.423. The molecule has 0 saturated carbocycles. The second kappa shape index (κ2) is 3.79. The normalized spacial score (nSPS) is 23.1. The fourth-order valence-electron chi connectivity index (χ4n) is 1.93. The van der Waals surface area contributed by atoms with Gasteiger partial charge in [0.25, 0.3) is 0 Å². The van der Waals surface area contributed by atoms with Gasteiger partial charge in [-0.25, -0.2) is 0 Å². The van der Waals surface area contributed by atoms with E-state index in [0.717, 1.165) is 6.54 Å². The summed E-state index contributed by atoms with van der Waals surface area (Å²) in [6, 6.07) is 0.574. The molecule has 1 aromatic rings. The predicted molar refractivity (Wildman–Crippen MR) is 57.3 cm³/mol. The van der Waals surface area contributed by atoms with Gasteiger partial charge in [0, 0.05) is 12.2 Å². The molecular weight excluding hydrogens is 200 g/mol. The molecule has 14 heavy (non-hydrogen) atoms. The number of likely N-dealkylation sites (N-methyl/N-ethyl adjacent to an activating group) is 1. The van der Waals surface area contributed by atoms with Gasteiger partial charge in [-0.05, 0) is 26.4 Å². The number of nitrogens with zero attached hydrogens (tertiary/aromatic N) is 3. The first-order valence-corrected chi connectivity index (χ1v) is 5.23. The number of hydrogen-bond donors (Lipinski definition) is 1. The second-order valence-electron chi connectivity index (χ2n) is 3.86. The fraction of sp³-hybridized carbons (Fsp3) is 0.667. The Morgan fingerprint density at radius 3 is 3.00 bits per heavy atom. The summed E-state index contributed by atoms with van der Waals surface area (Å²) >= 11 is 5.83. The van der Waals surface area contributed by atoms with Crippen molar-refractivity contribution >= 4 is 17.4 Å². The van der Waals surface area contributed by atoms with E-state index in [4.69, 9.17) is 17.3 Å². The summed E-state index contributed by atoms with van der Waals surface area (Å²) in [5, 5.41) is 4.69. The van der Waals surface area contributed by atoms with E-state index in [1.807, 2.05) is 4.68 Å². The van der Waals surface area contributed by atoms with Crippen LogP contribution in [-0.2, 0) is 6.54 Å².